The third-order valence-corrected chi connectivity index (χ3v) is 5.05. The topological polar surface area (TPSA) is 33.6 Å². The van der Waals surface area contributed by atoms with E-state index in [4.69, 9.17) is 4.74 Å². The number of halogens is 1. The van der Waals surface area contributed by atoms with Crippen molar-refractivity contribution < 1.29 is 9.13 Å². The Balaban J connectivity index is 1.53. The number of nitrogens with zero attached hydrogens (tertiary/aromatic N) is 1. The predicted octanol–water partition coefficient (Wildman–Crippen LogP) is 2.61. The monoisotopic (exact) mass is 294 g/mol. The van der Waals surface area contributed by atoms with Gasteiger partial charge in [-0.2, -0.15) is 0 Å². The molecule has 0 aliphatic carbocycles. The number of thioether (sulfide) groups is 1. The van der Waals surface area contributed by atoms with E-state index in [0.29, 0.717) is 6.54 Å². The smallest absolute Gasteiger partial charge is 0.157 e. The van der Waals surface area contributed by atoms with Crippen molar-refractivity contribution in [3.8, 4) is 0 Å². The molecule has 1 aromatic rings. The SMILES string of the molecule is Fc1cccc(CCN=C2NC3(CCOCC3)CS2)c1. The van der Waals surface area contributed by atoms with E-state index in [-0.39, 0.29) is 11.4 Å². The molecule has 1 spiro atoms. The lowest BCUT2D eigenvalue weighted by atomic mass is 9.93. The van der Waals surface area contributed by atoms with Gasteiger partial charge in [-0.3, -0.25) is 4.99 Å². The number of hydrogen-bond donors (Lipinski definition) is 1. The fourth-order valence-corrected chi connectivity index (χ4v) is 3.85. The summed E-state index contributed by atoms with van der Waals surface area (Å²) in [6.45, 7) is 2.37. The van der Waals surface area contributed by atoms with Crippen molar-refractivity contribution in [3.63, 3.8) is 0 Å². The molecule has 3 rings (SSSR count). The molecule has 2 aliphatic heterocycles. The average molecular weight is 294 g/mol. The van der Waals surface area contributed by atoms with Crippen LogP contribution >= 0.6 is 11.8 Å². The molecule has 2 heterocycles. The minimum Gasteiger partial charge on any atom is -0.381 e. The van der Waals surface area contributed by atoms with Crippen molar-refractivity contribution in [1.82, 2.24) is 5.32 Å². The molecule has 5 heteroatoms. The van der Waals surface area contributed by atoms with Gasteiger partial charge < -0.3 is 10.1 Å². The van der Waals surface area contributed by atoms with Crippen LogP contribution in [0.4, 0.5) is 4.39 Å². The second-order valence-corrected chi connectivity index (χ2v) is 6.34. The molecule has 3 nitrogen and oxygen atoms in total. The molecule has 1 N–H and O–H groups in total. The quantitative estimate of drug-likeness (QED) is 0.930. The summed E-state index contributed by atoms with van der Waals surface area (Å²) < 4.78 is 18.5. The first kappa shape index (κ1) is 13.9. The Morgan fingerprint density at radius 3 is 3.00 bits per heavy atom. The van der Waals surface area contributed by atoms with Crippen LogP contribution in [-0.4, -0.2) is 36.2 Å². The molecular weight excluding hydrogens is 275 g/mol. The summed E-state index contributed by atoms with van der Waals surface area (Å²) in [6, 6.07) is 6.74. The van der Waals surface area contributed by atoms with Crippen molar-refractivity contribution >= 4 is 16.9 Å². The van der Waals surface area contributed by atoms with Gasteiger partial charge in [-0.25, -0.2) is 4.39 Å². The van der Waals surface area contributed by atoms with Gasteiger partial charge in [-0.05, 0) is 37.0 Å². The highest BCUT2D eigenvalue weighted by Crippen LogP contribution is 2.31. The third kappa shape index (κ3) is 3.33. The highest BCUT2D eigenvalue weighted by atomic mass is 32.2. The summed E-state index contributed by atoms with van der Waals surface area (Å²) >= 11 is 1.80. The molecule has 0 bridgehead atoms. The molecule has 2 fully saturated rings. The molecule has 0 radical (unpaired) electrons. The number of benzene rings is 1. The second kappa shape index (κ2) is 6.14. The summed E-state index contributed by atoms with van der Waals surface area (Å²) in [6.07, 6.45) is 2.89. The highest BCUT2D eigenvalue weighted by Gasteiger charge is 2.38. The van der Waals surface area contributed by atoms with E-state index < -0.39 is 0 Å². The molecule has 0 unspecified atom stereocenters. The van der Waals surface area contributed by atoms with Crippen molar-refractivity contribution in [2.75, 3.05) is 25.5 Å². The van der Waals surface area contributed by atoms with Crippen LogP contribution in [0.15, 0.2) is 29.3 Å². The molecule has 20 heavy (non-hydrogen) atoms. The molecule has 0 saturated carbocycles. The van der Waals surface area contributed by atoms with E-state index >= 15 is 0 Å². The Bertz CT molecular complexity index is 500. The number of amidine groups is 1. The Kier molecular flexibility index (Phi) is 4.27. The first-order valence-corrected chi connectivity index (χ1v) is 8.02. The lowest BCUT2D eigenvalue weighted by Crippen LogP contribution is -2.48. The van der Waals surface area contributed by atoms with E-state index in [1.165, 1.54) is 6.07 Å². The zero-order valence-electron chi connectivity index (χ0n) is 11.4. The van der Waals surface area contributed by atoms with Crippen LogP contribution < -0.4 is 5.32 Å². The molecule has 2 saturated heterocycles. The normalized spacial score (nSPS) is 23.1. The van der Waals surface area contributed by atoms with Crippen LogP contribution in [0.1, 0.15) is 18.4 Å². The Hall–Kier alpha value is -1.07. The number of rotatable bonds is 3. The molecular formula is C15H19FN2OS. The van der Waals surface area contributed by atoms with E-state index in [1.807, 2.05) is 6.07 Å². The van der Waals surface area contributed by atoms with Crippen LogP contribution in [0.3, 0.4) is 0 Å². The molecule has 2 aliphatic rings. The lowest BCUT2D eigenvalue weighted by molar-refractivity contribution is 0.0555. The third-order valence-electron chi connectivity index (χ3n) is 3.85. The fraction of sp³-hybridized carbons (Fsp3) is 0.533. The van der Waals surface area contributed by atoms with Gasteiger partial charge >= 0.3 is 0 Å². The van der Waals surface area contributed by atoms with Gasteiger partial charge in [0.05, 0.1) is 5.54 Å². The van der Waals surface area contributed by atoms with Crippen LogP contribution in [0.5, 0.6) is 0 Å². The summed E-state index contributed by atoms with van der Waals surface area (Å²) in [5, 5.41) is 4.59. The van der Waals surface area contributed by atoms with Crippen molar-refractivity contribution in [1.29, 1.82) is 0 Å². The van der Waals surface area contributed by atoms with Crippen molar-refractivity contribution in [2.24, 2.45) is 4.99 Å². The fourth-order valence-electron chi connectivity index (χ4n) is 2.60. The standard InChI is InChI=1S/C15H19FN2OS/c16-13-3-1-2-12(10-13)4-7-17-14-18-15(11-20-14)5-8-19-9-6-15/h1-3,10H,4-9,11H2,(H,17,18). The van der Waals surface area contributed by atoms with Crippen LogP contribution in [0.2, 0.25) is 0 Å². The summed E-state index contributed by atoms with van der Waals surface area (Å²) in [7, 11) is 0. The number of nitrogens with one attached hydrogen (secondary N) is 1. The molecule has 108 valence electrons. The van der Waals surface area contributed by atoms with Gasteiger partial charge in [-0.1, -0.05) is 23.9 Å². The van der Waals surface area contributed by atoms with Crippen LogP contribution in [0.25, 0.3) is 0 Å². The Morgan fingerprint density at radius 1 is 1.35 bits per heavy atom. The summed E-state index contributed by atoms with van der Waals surface area (Å²) in [5.74, 6) is 0.902. The van der Waals surface area contributed by atoms with Crippen LogP contribution in [-0.2, 0) is 11.2 Å². The van der Waals surface area contributed by atoms with E-state index in [2.05, 4.69) is 10.3 Å². The van der Waals surface area contributed by atoms with E-state index in [1.54, 1.807) is 23.9 Å². The zero-order valence-corrected chi connectivity index (χ0v) is 12.2. The maximum absolute atomic E-state index is 13.1. The van der Waals surface area contributed by atoms with Crippen LogP contribution in [0, 0.1) is 5.82 Å². The van der Waals surface area contributed by atoms with Gasteiger partial charge in [0.25, 0.3) is 0 Å². The molecule has 0 atom stereocenters. The first-order valence-electron chi connectivity index (χ1n) is 7.03. The maximum Gasteiger partial charge on any atom is 0.157 e. The van der Waals surface area contributed by atoms with Gasteiger partial charge in [0.15, 0.2) is 5.17 Å². The number of ether oxygens (including phenoxy) is 1. The predicted molar refractivity (Wildman–Crippen MR) is 80.8 cm³/mol. The minimum absolute atomic E-state index is 0.176. The van der Waals surface area contributed by atoms with E-state index in [0.717, 1.165) is 49.0 Å². The number of aliphatic imine (C=N–C) groups is 1. The Labute approximate surface area is 123 Å². The summed E-state index contributed by atoms with van der Waals surface area (Å²) in [5.41, 5.74) is 1.19. The molecule has 0 aromatic heterocycles. The maximum atomic E-state index is 13.1. The van der Waals surface area contributed by atoms with Gasteiger partial charge in [0.2, 0.25) is 0 Å². The first-order chi connectivity index (χ1) is 9.76. The van der Waals surface area contributed by atoms with Gasteiger partial charge in [0, 0.05) is 25.5 Å². The van der Waals surface area contributed by atoms with Gasteiger partial charge in [0.1, 0.15) is 5.82 Å². The Morgan fingerprint density at radius 2 is 2.20 bits per heavy atom. The highest BCUT2D eigenvalue weighted by molar-refractivity contribution is 8.14. The van der Waals surface area contributed by atoms with Crippen molar-refractivity contribution in [2.45, 2.75) is 24.8 Å². The largest absolute Gasteiger partial charge is 0.381 e. The van der Waals surface area contributed by atoms with Crippen molar-refractivity contribution in [3.05, 3.63) is 35.6 Å². The number of hydrogen-bond acceptors (Lipinski definition) is 3. The minimum atomic E-state index is -0.176. The molecule has 1 aromatic carbocycles. The van der Waals surface area contributed by atoms with E-state index in [9.17, 15) is 4.39 Å². The zero-order chi connectivity index (χ0) is 13.8. The van der Waals surface area contributed by atoms with Gasteiger partial charge in [-0.15, -0.1) is 0 Å². The average Bonchev–Trinajstić information content (AvgIpc) is 2.83. The molecule has 0 amide bonds. The second-order valence-electron chi connectivity index (χ2n) is 5.37. The summed E-state index contributed by atoms with van der Waals surface area (Å²) in [4.78, 5) is 4.60. The lowest BCUT2D eigenvalue weighted by Gasteiger charge is -2.32.